The number of hydrogen-bond acceptors (Lipinski definition) is 4. The van der Waals surface area contributed by atoms with Gasteiger partial charge in [0, 0.05) is 10.0 Å². The summed E-state index contributed by atoms with van der Waals surface area (Å²) in [5.74, 6) is -0.0176. The predicted octanol–water partition coefficient (Wildman–Crippen LogP) is 8.07. The van der Waals surface area contributed by atoms with Gasteiger partial charge in [0.05, 0.1) is 0 Å². The molecule has 0 radical (unpaired) electrons. The molecule has 0 aliphatic heterocycles. The van der Waals surface area contributed by atoms with Gasteiger partial charge in [-0.25, -0.2) is 0 Å². The van der Waals surface area contributed by atoms with Crippen molar-refractivity contribution in [1.82, 2.24) is 4.98 Å². The van der Waals surface area contributed by atoms with Crippen LogP contribution in [-0.4, -0.2) is 23.7 Å². The molecule has 6 aromatic rings. The van der Waals surface area contributed by atoms with Gasteiger partial charge in [-0.1, -0.05) is 23.2 Å². The Labute approximate surface area is 255 Å². The van der Waals surface area contributed by atoms with Crippen LogP contribution in [0.3, 0.4) is 0 Å². The predicted molar refractivity (Wildman–Crippen MR) is 176 cm³/mol. The molecule has 0 fully saturated rings. The van der Waals surface area contributed by atoms with Crippen molar-refractivity contribution in [1.29, 1.82) is 0 Å². The number of nitrogens with zero attached hydrogens (tertiary/aromatic N) is 1. The number of halogens is 2. The fourth-order valence-electron chi connectivity index (χ4n) is 5.54. The summed E-state index contributed by atoms with van der Waals surface area (Å²) in [5.41, 5.74) is 2.18. The third-order valence-corrected chi connectivity index (χ3v) is 13.0. The molecule has 0 aliphatic carbocycles. The second kappa shape index (κ2) is 12.5. The fraction of sp³-hybridized carbons (Fsp3) is 0.0857. The van der Waals surface area contributed by atoms with E-state index in [4.69, 9.17) is 32.4 Å². The van der Waals surface area contributed by atoms with Crippen molar-refractivity contribution in [3.63, 3.8) is 0 Å². The van der Waals surface area contributed by atoms with Crippen LogP contribution >= 0.6 is 30.5 Å². The molecule has 5 aromatic carbocycles. The van der Waals surface area contributed by atoms with Crippen LogP contribution in [0.25, 0.3) is 22.6 Å². The van der Waals surface area contributed by atoms with E-state index in [2.05, 4.69) is 96.0 Å². The third kappa shape index (κ3) is 5.84. The molecule has 42 heavy (non-hydrogen) atoms. The fourth-order valence-corrected chi connectivity index (χ4v) is 10.9. The molecule has 0 unspecified atom stereocenters. The molecule has 0 saturated carbocycles. The first-order valence-corrected chi connectivity index (χ1v) is 16.7. The Morgan fingerprint density at radius 3 is 1.81 bits per heavy atom. The number of aromatic nitrogens is 1. The van der Waals surface area contributed by atoms with E-state index in [-0.39, 0.29) is 0 Å². The van der Waals surface area contributed by atoms with Crippen LogP contribution in [0.15, 0.2) is 132 Å². The van der Waals surface area contributed by atoms with Gasteiger partial charge in [0.15, 0.2) is 0 Å². The van der Waals surface area contributed by atoms with Crippen molar-refractivity contribution < 1.29 is 13.9 Å². The summed E-state index contributed by atoms with van der Waals surface area (Å²) in [4.78, 5) is 17.6. The van der Waals surface area contributed by atoms with Crippen LogP contribution in [0, 0.1) is 0 Å². The van der Waals surface area contributed by atoms with E-state index in [0.717, 1.165) is 12.6 Å². The van der Waals surface area contributed by atoms with E-state index in [0.29, 0.717) is 44.8 Å². The molecule has 0 saturated heterocycles. The van der Waals surface area contributed by atoms with Crippen molar-refractivity contribution in [3.8, 4) is 11.5 Å². The van der Waals surface area contributed by atoms with Crippen LogP contribution in [-0.2, 0) is 4.74 Å². The van der Waals surface area contributed by atoms with E-state index in [1.54, 1.807) is 36.4 Å². The van der Waals surface area contributed by atoms with Crippen molar-refractivity contribution in [3.05, 3.63) is 143 Å². The minimum absolute atomic E-state index is 0.306. The Kier molecular flexibility index (Phi) is 8.39. The summed E-state index contributed by atoms with van der Waals surface area (Å²) in [5, 5.41) is 4.98. The Balaban J connectivity index is 1.21. The normalized spacial score (nSPS) is 11.9. The number of rotatable bonds is 9. The van der Waals surface area contributed by atoms with Crippen LogP contribution < -0.4 is 15.9 Å². The van der Waals surface area contributed by atoms with E-state index in [9.17, 15) is 4.79 Å². The van der Waals surface area contributed by atoms with Gasteiger partial charge >= 0.3 is 217 Å². The van der Waals surface area contributed by atoms with Crippen LogP contribution in [0.1, 0.15) is 16.8 Å². The maximum absolute atomic E-state index is 13.1. The molecular weight excluding hydrogens is 584 g/mol. The van der Waals surface area contributed by atoms with E-state index < -0.39 is 13.2 Å². The minimum atomic E-state index is -2.38. The third-order valence-electron chi connectivity index (χ3n) is 7.46. The first kappa shape index (κ1) is 28.2. The average Bonchev–Trinajstić information content (AvgIpc) is 3.46. The zero-order valence-corrected chi connectivity index (χ0v) is 25.2. The Bertz CT molecular complexity index is 1710. The molecule has 0 bridgehead atoms. The van der Waals surface area contributed by atoms with Gasteiger partial charge < -0.3 is 0 Å². The number of fused-ring (bicyclic) bond motifs is 1. The zero-order valence-electron chi connectivity index (χ0n) is 22.7. The number of hydrogen-bond donors (Lipinski definition) is 0. The van der Waals surface area contributed by atoms with Gasteiger partial charge in [0.1, 0.15) is 0 Å². The summed E-state index contributed by atoms with van der Waals surface area (Å²) in [6, 6.07) is 42.4. The molecule has 0 aliphatic rings. The monoisotopic (exact) mass is 611 g/mol. The van der Waals surface area contributed by atoms with Crippen molar-refractivity contribution >= 4 is 63.4 Å². The molecule has 4 nitrogen and oxygen atoms in total. The summed E-state index contributed by atoms with van der Waals surface area (Å²) < 4.78 is 11.7. The second-order valence-electron chi connectivity index (χ2n) is 10.1. The Morgan fingerprint density at radius 2 is 1.26 bits per heavy atom. The number of carbonyl (C=O) groups is 1. The van der Waals surface area contributed by atoms with Crippen molar-refractivity contribution in [2.75, 3.05) is 12.8 Å². The van der Waals surface area contributed by atoms with Gasteiger partial charge in [-0.15, -0.1) is 0 Å². The SMILES string of the molecule is O=C(OCCC[PH](c1ccccc1)(c1ccccc1)c1ccccc1)c1ccc2nc(-c3cc(Cl)cc(Cl)c3)oc2c1. The van der Waals surface area contributed by atoms with Crippen molar-refractivity contribution in [2.45, 2.75) is 6.42 Å². The van der Waals surface area contributed by atoms with Crippen LogP contribution in [0.4, 0.5) is 0 Å². The van der Waals surface area contributed by atoms with E-state index in [1.165, 1.54) is 15.9 Å². The van der Waals surface area contributed by atoms with Crippen LogP contribution in [0.5, 0.6) is 0 Å². The second-order valence-corrected chi connectivity index (χ2v) is 15.0. The molecule has 1 heterocycles. The summed E-state index contributed by atoms with van der Waals surface area (Å²) in [6.45, 7) is 0.306. The summed E-state index contributed by atoms with van der Waals surface area (Å²) in [7, 11) is -2.38. The molecule has 0 amide bonds. The summed E-state index contributed by atoms with van der Waals surface area (Å²) in [6.07, 6.45) is 1.62. The quantitative estimate of drug-likeness (QED) is 0.0942. The molecule has 210 valence electrons. The number of ether oxygens (including phenoxy) is 1. The number of benzene rings is 5. The van der Waals surface area contributed by atoms with E-state index in [1.807, 2.05) is 0 Å². The molecule has 0 atom stereocenters. The van der Waals surface area contributed by atoms with Gasteiger partial charge in [0.25, 0.3) is 0 Å². The Morgan fingerprint density at radius 1 is 0.714 bits per heavy atom. The number of carbonyl (C=O) groups excluding carboxylic acids is 1. The van der Waals surface area contributed by atoms with Crippen LogP contribution in [0.2, 0.25) is 10.0 Å². The number of oxazole rings is 1. The summed E-state index contributed by atoms with van der Waals surface area (Å²) >= 11 is 12.3. The van der Waals surface area contributed by atoms with Gasteiger partial charge in [-0.3, -0.25) is 0 Å². The molecular formula is C35H28Cl2NO3P. The first-order valence-electron chi connectivity index (χ1n) is 13.7. The van der Waals surface area contributed by atoms with E-state index >= 15 is 0 Å². The first-order chi connectivity index (χ1) is 20.5. The van der Waals surface area contributed by atoms with Crippen molar-refractivity contribution in [2.24, 2.45) is 0 Å². The average molecular weight is 612 g/mol. The number of esters is 1. The maximum atomic E-state index is 13.1. The molecule has 6 rings (SSSR count). The molecule has 1 aromatic heterocycles. The topological polar surface area (TPSA) is 52.3 Å². The molecule has 0 N–H and O–H groups in total. The van der Waals surface area contributed by atoms with Gasteiger partial charge in [0.2, 0.25) is 0 Å². The molecule has 7 heteroatoms. The standard InChI is InChI=1S/C35H28Cl2NO3P/c36-27-21-26(22-28(37)24-27)34-38-32-18-17-25(23-33(32)41-34)35(39)40-19-10-20-42(29-11-4-1-5-12-29,30-13-6-2-7-14-30)31-15-8-3-9-16-31/h1-9,11-18,21-24,42H,10,19-20H2. The Hall–Kier alpha value is -3.95. The van der Waals surface area contributed by atoms with Gasteiger partial charge in [-0.2, -0.15) is 0 Å². The zero-order chi connectivity index (χ0) is 28.9. The molecule has 0 spiro atoms. The van der Waals surface area contributed by atoms with Gasteiger partial charge in [-0.05, 0) is 6.07 Å².